The molecule has 0 spiro atoms. The lowest BCUT2D eigenvalue weighted by molar-refractivity contribution is 0.173. The van der Waals surface area contributed by atoms with Gasteiger partial charge in [0, 0.05) is 32.7 Å². The Kier molecular flexibility index (Phi) is 2.84. The first-order valence-corrected chi connectivity index (χ1v) is 6.48. The lowest BCUT2D eigenvalue weighted by Crippen LogP contribution is -2.55. The van der Waals surface area contributed by atoms with Gasteiger partial charge in [0.2, 0.25) is 0 Å². The molecule has 18 heavy (non-hydrogen) atoms. The Hall–Kier alpha value is -1.39. The quantitative estimate of drug-likeness (QED) is 0.883. The van der Waals surface area contributed by atoms with Crippen molar-refractivity contribution in [3.63, 3.8) is 0 Å². The maximum absolute atomic E-state index is 4.59. The zero-order valence-corrected chi connectivity index (χ0v) is 11.3. The summed E-state index contributed by atoms with van der Waals surface area (Å²) >= 11 is 0. The number of fused-ring (bicyclic) bond motifs is 1. The molecule has 0 atom stereocenters. The fourth-order valence-corrected chi connectivity index (χ4v) is 2.47. The third-order valence-corrected chi connectivity index (χ3v) is 3.98. The number of nitrogens with zero attached hydrogens (tertiary/aromatic N) is 3. The zero-order chi connectivity index (χ0) is 12.7. The van der Waals surface area contributed by atoms with Crippen LogP contribution in [0.1, 0.15) is 11.4 Å². The SMILES string of the molecule is Cc1nc2cc(CN(C)C3CNC3)ccc2n1C. The van der Waals surface area contributed by atoms with E-state index >= 15 is 0 Å². The number of nitrogens with one attached hydrogen (secondary N) is 1. The minimum Gasteiger partial charge on any atom is -0.331 e. The summed E-state index contributed by atoms with van der Waals surface area (Å²) in [5.41, 5.74) is 3.66. The Morgan fingerprint density at radius 1 is 1.44 bits per heavy atom. The standard InChI is InChI=1S/C14H20N4/c1-10-16-13-6-11(4-5-14(13)18(10)3)9-17(2)12-7-15-8-12/h4-6,12,15H,7-9H2,1-3H3. The van der Waals surface area contributed by atoms with Crippen molar-refractivity contribution in [3.8, 4) is 0 Å². The molecule has 2 heterocycles. The predicted octanol–water partition coefficient (Wildman–Crippen LogP) is 1.29. The summed E-state index contributed by atoms with van der Waals surface area (Å²) in [6.07, 6.45) is 0. The molecule has 2 aromatic rings. The topological polar surface area (TPSA) is 33.1 Å². The smallest absolute Gasteiger partial charge is 0.106 e. The lowest BCUT2D eigenvalue weighted by Gasteiger charge is -2.35. The van der Waals surface area contributed by atoms with Gasteiger partial charge in [0.05, 0.1) is 11.0 Å². The monoisotopic (exact) mass is 244 g/mol. The van der Waals surface area contributed by atoms with E-state index in [-0.39, 0.29) is 0 Å². The minimum atomic E-state index is 0.686. The van der Waals surface area contributed by atoms with Crippen LogP contribution in [0.5, 0.6) is 0 Å². The van der Waals surface area contributed by atoms with Crippen LogP contribution < -0.4 is 5.32 Å². The van der Waals surface area contributed by atoms with Crippen molar-refractivity contribution in [3.05, 3.63) is 29.6 Å². The van der Waals surface area contributed by atoms with Gasteiger partial charge in [-0.2, -0.15) is 0 Å². The molecule has 0 aliphatic carbocycles. The number of aryl methyl sites for hydroxylation is 2. The minimum absolute atomic E-state index is 0.686. The summed E-state index contributed by atoms with van der Waals surface area (Å²) in [6.45, 7) is 5.27. The van der Waals surface area contributed by atoms with Crippen molar-refractivity contribution >= 4 is 11.0 Å². The highest BCUT2D eigenvalue weighted by Gasteiger charge is 2.21. The molecule has 4 nitrogen and oxygen atoms in total. The molecule has 1 saturated heterocycles. The van der Waals surface area contributed by atoms with E-state index in [0.29, 0.717) is 6.04 Å². The van der Waals surface area contributed by atoms with Gasteiger partial charge >= 0.3 is 0 Å². The van der Waals surface area contributed by atoms with Gasteiger partial charge in [-0.1, -0.05) is 6.07 Å². The van der Waals surface area contributed by atoms with Crippen LogP contribution in [0.15, 0.2) is 18.2 Å². The Morgan fingerprint density at radius 3 is 2.89 bits per heavy atom. The van der Waals surface area contributed by atoms with Gasteiger partial charge in [-0.3, -0.25) is 4.90 Å². The van der Waals surface area contributed by atoms with E-state index in [2.05, 4.69) is 52.1 Å². The predicted molar refractivity (Wildman–Crippen MR) is 73.6 cm³/mol. The molecule has 0 bridgehead atoms. The molecule has 1 fully saturated rings. The molecule has 1 N–H and O–H groups in total. The van der Waals surface area contributed by atoms with Gasteiger partial charge in [0.15, 0.2) is 0 Å². The van der Waals surface area contributed by atoms with E-state index in [1.165, 1.54) is 11.1 Å². The van der Waals surface area contributed by atoms with Crippen molar-refractivity contribution in [2.45, 2.75) is 19.5 Å². The van der Waals surface area contributed by atoms with Crippen LogP contribution in [0, 0.1) is 6.92 Å². The van der Waals surface area contributed by atoms with Crippen LogP contribution in [0.4, 0.5) is 0 Å². The van der Waals surface area contributed by atoms with Crippen LogP contribution in [0.2, 0.25) is 0 Å². The molecular formula is C14H20N4. The maximum Gasteiger partial charge on any atom is 0.106 e. The number of imidazole rings is 1. The van der Waals surface area contributed by atoms with E-state index in [1.807, 2.05) is 6.92 Å². The number of aromatic nitrogens is 2. The second-order valence-electron chi connectivity index (χ2n) is 5.27. The first-order valence-electron chi connectivity index (χ1n) is 6.48. The number of rotatable bonds is 3. The van der Waals surface area contributed by atoms with Crippen LogP contribution in [0.3, 0.4) is 0 Å². The summed E-state index contributed by atoms with van der Waals surface area (Å²) in [5, 5.41) is 3.31. The van der Waals surface area contributed by atoms with E-state index in [4.69, 9.17) is 0 Å². The second kappa shape index (κ2) is 4.37. The Balaban J connectivity index is 1.84. The normalized spacial score (nSPS) is 16.4. The summed E-state index contributed by atoms with van der Waals surface area (Å²) in [7, 11) is 4.26. The molecule has 0 saturated carbocycles. The van der Waals surface area contributed by atoms with Crippen molar-refractivity contribution in [1.82, 2.24) is 19.8 Å². The largest absolute Gasteiger partial charge is 0.331 e. The highest BCUT2D eigenvalue weighted by Crippen LogP contribution is 2.18. The van der Waals surface area contributed by atoms with Crippen LogP contribution >= 0.6 is 0 Å². The number of likely N-dealkylation sites (N-methyl/N-ethyl adjacent to an activating group) is 1. The van der Waals surface area contributed by atoms with Gasteiger partial charge in [0.25, 0.3) is 0 Å². The van der Waals surface area contributed by atoms with Crippen molar-refractivity contribution in [1.29, 1.82) is 0 Å². The van der Waals surface area contributed by atoms with Gasteiger partial charge in [-0.15, -0.1) is 0 Å². The maximum atomic E-state index is 4.59. The fourth-order valence-electron chi connectivity index (χ4n) is 2.47. The van der Waals surface area contributed by atoms with Crippen LogP contribution in [-0.4, -0.2) is 40.6 Å². The molecule has 0 radical (unpaired) electrons. The lowest BCUT2D eigenvalue weighted by atomic mass is 10.1. The third-order valence-electron chi connectivity index (χ3n) is 3.98. The van der Waals surface area contributed by atoms with Crippen molar-refractivity contribution < 1.29 is 0 Å². The average molecular weight is 244 g/mol. The Bertz CT molecular complexity index is 568. The molecule has 1 aliphatic rings. The van der Waals surface area contributed by atoms with Gasteiger partial charge in [-0.05, 0) is 31.7 Å². The highest BCUT2D eigenvalue weighted by molar-refractivity contribution is 5.76. The van der Waals surface area contributed by atoms with Gasteiger partial charge < -0.3 is 9.88 Å². The van der Waals surface area contributed by atoms with E-state index in [0.717, 1.165) is 31.0 Å². The molecule has 96 valence electrons. The van der Waals surface area contributed by atoms with Gasteiger partial charge in [-0.25, -0.2) is 4.98 Å². The summed E-state index contributed by atoms with van der Waals surface area (Å²) in [5.74, 6) is 1.07. The summed E-state index contributed by atoms with van der Waals surface area (Å²) in [6, 6.07) is 7.29. The summed E-state index contributed by atoms with van der Waals surface area (Å²) < 4.78 is 2.14. The van der Waals surface area contributed by atoms with Crippen molar-refractivity contribution in [2.75, 3.05) is 20.1 Å². The van der Waals surface area contributed by atoms with Crippen molar-refractivity contribution in [2.24, 2.45) is 7.05 Å². The van der Waals surface area contributed by atoms with Gasteiger partial charge in [0.1, 0.15) is 5.82 Å². The first kappa shape index (κ1) is 11.7. The molecule has 1 aliphatic heterocycles. The molecule has 4 heteroatoms. The number of hydrogen-bond donors (Lipinski definition) is 1. The molecule has 0 unspecified atom stereocenters. The van der Waals surface area contributed by atoms with Crippen LogP contribution in [-0.2, 0) is 13.6 Å². The average Bonchev–Trinajstić information content (AvgIpc) is 2.52. The Morgan fingerprint density at radius 2 is 2.22 bits per heavy atom. The molecule has 1 aromatic heterocycles. The molecular weight excluding hydrogens is 224 g/mol. The first-order chi connectivity index (χ1) is 8.65. The van der Waals surface area contributed by atoms with E-state index < -0.39 is 0 Å². The van der Waals surface area contributed by atoms with E-state index in [9.17, 15) is 0 Å². The second-order valence-corrected chi connectivity index (χ2v) is 5.27. The molecule has 1 aromatic carbocycles. The number of benzene rings is 1. The zero-order valence-electron chi connectivity index (χ0n) is 11.3. The molecule has 3 rings (SSSR count). The third kappa shape index (κ3) is 1.91. The summed E-state index contributed by atoms with van der Waals surface area (Å²) in [4.78, 5) is 7.00. The fraction of sp³-hybridized carbons (Fsp3) is 0.500. The molecule has 0 amide bonds. The number of hydrogen-bond acceptors (Lipinski definition) is 3. The highest BCUT2D eigenvalue weighted by atomic mass is 15.2. The van der Waals surface area contributed by atoms with E-state index in [1.54, 1.807) is 0 Å². The Labute approximate surface area is 108 Å². The van der Waals surface area contributed by atoms with Crippen LogP contribution in [0.25, 0.3) is 11.0 Å².